The number of hydrogen-bond acceptors (Lipinski definition) is 6. The molecule has 0 fully saturated rings. The Labute approximate surface area is 166 Å². The van der Waals surface area contributed by atoms with Crippen LogP contribution in [0.2, 0.25) is 0 Å². The lowest BCUT2D eigenvalue weighted by Gasteiger charge is -2.22. The molecule has 0 aliphatic rings. The summed E-state index contributed by atoms with van der Waals surface area (Å²) in [6.07, 6.45) is 1.43. The number of benzene rings is 2. The van der Waals surface area contributed by atoms with Crippen LogP contribution in [0.25, 0.3) is 11.0 Å². The Kier molecular flexibility index (Phi) is 4.78. The van der Waals surface area contributed by atoms with Gasteiger partial charge in [0.15, 0.2) is 5.76 Å². The van der Waals surface area contributed by atoms with Gasteiger partial charge in [0.2, 0.25) is 0 Å². The van der Waals surface area contributed by atoms with Gasteiger partial charge in [0.1, 0.15) is 11.3 Å². The average Bonchev–Trinajstić information content (AvgIpc) is 3.27. The molecule has 0 unspecified atom stereocenters. The quantitative estimate of drug-likeness (QED) is 0.508. The lowest BCUT2D eigenvalue weighted by molar-refractivity contribution is 0.0996. The van der Waals surface area contributed by atoms with Gasteiger partial charge in [-0.1, -0.05) is 12.1 Å². The van der Waals surface area contributed by atoms with Gasteiger partial charge >= 0.3 is 5.63 Å². The molecule has 7 nitrogen and oxygen atoms in total. The summed E-state index contributed by atoms with van der Waals surface area (Å²) in [5.74, 6) is 0.302. The van der Waals surface area contributed by atoms with E-state index in [1.807, 2.05) is 36.2 Å². The summed E-state index contributed by atoms with van der Waals surface area (Å²) < 4.78 is 15.8. The van der Waals surface area contributed by atoms with Crippen LogP contribution in [0.15, 0.2) is 80.6 Å². The summed E-state index contributed by atoms with van der Waals surface area (Å²) in [6.45, 7) is 0. The zero-order valence-corrected chi connectivity index (χ0v) is 15.8. The highest BCUT2D eigenvalue weighted by molar-refractivity contribution is 6.03. The van der Waals surface area contributed by atoms with E-state index in [-0.39, 0.29) is 11.7 Å². The van der Waals surface area contributed by atoms with Crippen molar-refractivity contribution in [2.75, 3.05) is 24.4 Å². The topological polar surface area (TPSA) is 84.9 Å². The number of rotatable bonds is 5. The van der Waals surface area contributed by atoms with E-state index in [9.17, 15) is 9.59 Å². The summed E-state index contributed by atoms with van der Waals surface area (Å²) in [5.41, 5.74) is 1.97. The Balaban J connectivity index is 1.74. The van der Waals surface area contributed by atoms with Gasteiger partial charge < -0.3 is 23.8 Å². The first-order valence-electron chi connectivity index (χ1n) is 8.86. The van der Waals surface area contributed by atoms with Crippen molar-refractivity contribution in [2.24, 2.45) is 0 Å². The molecule has 4 aromatic rings. The normalized spacial score (nSPS) is 10.7. The average molecular weight is 390 g/mol. The van der Waals surface area contributed by atoms with Crippen molar-refractivity contribution in [3.05, 3.63) is 83.1 Å². The third-order valence-electron chi connectivity index (χ3n) is 4.55. The van der Waals surface area contributed by atoms with Crippen LogP contribution in [-0.4, -0.2) is 20.1 Å². The van der Waals surface area contributed by atoms with Crippen LogP contribution in [0.4, 0.5) is 17.1 Å². The van der Waals surface area contributed by atoms with E-state index in [1.54, 1.807) is 30.3 Å². The molecular weight excluding hydrogens is 372 g/mol. The number of anilines is 3. The van der Waals surface area contributed by atoms with Crippen molar-refractivity contribution in [3.8, 4) is 5.75 Å². The molecule has 0 spiro atoms. The zero-order valence-electron chi connectivity index (χ0n) is 15.8. The van der Waals surface area contributed by atoms with Crippen LogP contribution in [0.3, 0.4) is 0 Å². The molecule has 2 heterocycles. The molecule has 2 aromatic heterocycles. The minimum absolute atomic E-state index is 0.192. The Morgan fingerprint density at radius 2 is 1.90 bits per heavy atom. The standard InChI is InChI=1S/C22H18N2O5/c1-24(17-13-21(25)29-18-7-4-3-6-15(17)18)14-9-10-19(27-2)16(12-14)23-22(26)20-8-5-11-28-20/h3-13H,1-2H3,(H,23,26). The Bertz CT molecular complexity index is 1230. The molecule has 0 aliphatic heterocycles. The fourth-order valence-electron chi connectivity index (χ4n) is 3.11. The second kappa shape index (κ2) is 7.55. The van der Waals surface area contributed by atoms with E-state index < -0.39 is 5.63 Å². The maximum Gasteiger partial charge on any atom is 0.338 e. The Morgan fingerprint density at radius 3 is 2.66 bits per heavy atom. The van der Waals surface area contributed by atoms with E-state index in [1.165, 1.54) is 19.4 Å². The zero-order chi connectivity index (χ0) is 20.4. The van der Waals surface area contributed by atoms with Crippen molar-refractivity contribution >= 4 is 33.9 Å². The third-order valence-corrected chi connectivity index (χ3v) is 4.55. The maximum atomic E-state index is 12.4. The highest BCUT2D eigenvalue weighted by atomic mass is 16.5. The molecule has 146 valence electrons. The van der Waals surface area contributed by atoms with Gasteiger partial charge in [-0.3, -0.25) is 4.79 Å². The number of carbonyl (C=O) groups is 1. The van der Waals surface area contributed by atoms with E-state index in [2.05, 4.69) is 5.32 Å². The molecule has 0 bridgehead atoms. The van der Waals surface area contributed by atoms with Gasteiger partial charge in [0.05, 0.1) is 24.7 Å². The first kappa shape index (κ1) is 18.4. The Hall–Kier alpha value is -4.00. The van der Waals surface area contributed by atoms with Gasteiger partial charge in [-0.05, 0) is 42.5 Å². The fourth-order valence-corrected chi connectivity index (χ4v) is 3.11. The summed E-state index contributed by atoms with van der Waals surface area (Å²) in [4.78, 5) is 26.2. The van der Waals surface area contributed by atoms with Crippen LogP contribution in [0.1, 0.15) is 10.6 Å². The molecule has 4 rings (SSSR count). The third kappa shape index (κ3) is 3.58. The predicted octanol–water partition coefficient (Wildman–Crippen LogP) is 4.41. The Morgan fingerprint density at radius 1 is 1.07 bits per heavy atom. The summed E-state index contributed by atoms with van der Waals surface area (Å²) in [6, 6.07) is 17.3. The van der Waals surface area contributed by atoms with Crippen LogP contribution in [0, 0.1) is 0 Å². The number of methoxy groups -OCH3 is 1. The van der Waals surface area contributed by atoms with Crippen LogP contribution in [-0.2, 0) is 0 Å². The molecule has 1 amide bonds. The highest BCUT2D eigenvalue weighted by Gasteiger charge is 2.16. The van der Waals surface area contributed by atoms with Crippen molar-refractivity contribution in [1.29, 1.82) is 0 Å². The smallest absolute Gasteiger partial charge is 0.338 e. The minimum Gasteiger partial charge on any atom is -0.495 e. The number of furan rings is 1. The summed E-state index contributed by atoms with van der Waals surface area (Å²) in [5, 5.41) is 3.59. The number of ether oxygens (including phenoxy) is 1. The molecule has 29 heavy (non-hydrogen) atoms. The van der Waals surface area contributed by atoms with Gasteiger partial charge in [-0.15, -0.1) is 0 Å². The van der Waals surface area contributed by atoms with Gasteiger partial charge in [0.25, 0.3) is 5.91 Å². The molecule has 1 N–H and O–H groups in total. The molecule has 7 heteroatoms. The molecule has 0 saturated heterocycles. The molecular formula is C22H18N2O5. The monoisotopic (exact) mass is 390 g/mol. The largest absolute Gasteiger partial charge is 0.495 e. The second-order valence-corrected chi connectivity index (χ2v) is 6.32. The minimum atomic E-state index is -0.439. The number of nitrogens with one attached hydrogen (secondary N) is 1. The van der Waals surface area contributed by atoms with E-state index in [0.717, 1.165) is 11.1 Å². The van der Waals surface area contributed by atoms with Crippen molar-refractivity contribution in [3.63, 3.8) is 0 Å². The van der Waals surface area contributed by atoms with Crippen LogP contribution >= 0.6 is 0 Å². The first-order chi connectivity index (χ1) is 14.1. The van der Waals surface area contributed by atoms with E-state index in [4.69, 9.17) is 13.6 Å². The number of nitrogens with zero attached hydrogens (tertiary/aromatic N) is 1. The molecule has 2 aromatic carbocycles. The maximum absolute atomic E-state index is 12.4. The van der Waals surface area contributed by atoms with Gasteiger partial charge in [0, 0.05) is 24.2 Å². The second-order valence-electron chi connectivity index (χ2n) is 6.32. The van der Waals surface area contributed by atoms with E-state index >= 15 is 0 Å². The molecule has 0 saturated carbocycles. The summed E-state index contributed by atoms with van der Waals surface area (Å²) >= 11 is 0. The number of carbonyl (C=O) groups excluding carboxylic acids is 1. The number of hydrogen-bond donors (Lipinski definition) is 1. The molecule has 0 atom stereocenters. The van der Waals surface area contributed by atoms with Crippen LogP contribution < -0.4 is 20.6 Å². The SMILES string of the molecule is COc1ccc(N(C)c2cc(=O)oc3ccccc23)cc1NC(=O)c1ccco1. The van der Waals surface area contributed by atoms with Gasteiger partial charge in [-0.2, -0.15) is 0 Å². The van der Waals surface area contributed by atoms with Crippen molar-refractivity contribution in [1.82, 2.24) is 0 Å². The lowest BCUT2D eigenvalue weighted by Crippen LogP contribution is -2.15. The van der Waals surface area contributed by atoms with Crippen molar-refractivity contribution in [2.45, 2.75) is 0 Å². The molecule has 0 aliphatic carbocycles. The number of fused-ring (bicyclic) bond motifs is 1. The van der Waals surface area contributed by atoms with Crippen molar-refractivity contribution < 1.29 is 18.4 Å². The highest BCUT2D eigenvalue weighted by Crippen LogP contribution is 2.34. The fraction of sp³-hybridized carbons (Fsp3) is 0.0909. The summed E-state index contributed by atoms with van der Waals surface area (Å²) in [7, 11) is 3.36. The van der Waals surface area contributed by atoms with E-state index in [0.29, 0.717) is 22.7 Å². The predicted molar refractivity (Wildman–Crippen MR) is 110 cm³/mol. The van der Waals surface area contributed by atoms with Gasteiger partial charge in [-0.25, -0.2) is 4.79 Å². The van der Waals surface area contributed by atoms with Crippen LogP contribution in [0.5, 0.6) is 5.75 Å². The lowest BCUT2D eigenvalue weighted by atomic mass is 10.1. The number of para-hydroxylation sites is 1. The number of amides is 1. The molecule has 0 radical (unpaired) electrons. The first-order valence-corrected chi connectivity index (χ1v) is 8.86.